The van der Waals surface area contributed by atoms with E-state index in [-0.39, 0.29) is 5.91 Å². The molecule has 3 aromatic rings. The van der Waals surface area contributed by atoms with Crippen LogP contribution in [0.4, 0.5) is 0 Å². The molecule has 1 saturated heterocycles. The number of nitrogens with zero attached hydrogens (tertiary/aromatic N) is 2. The first-order valence-corrected chi connectivity index (χ1v) is 10.8. The number of likely N-dealkylation sites (tertiary alicyclic amines) is 1. The summed E-state index contributed by atoms with van der Waals surface area (Å²) in [5, 5.41) is 0. The Hall–Kier alpha value is -2.92. The van der Waals surface area contributed by atoms with Gasteiger partial charge in [-0.3, -0.25) is 4.79 Å². The molecule has 2 aromatic carbocycles. The fourth-order valence-corrected chi connectivity index (χ4v) is 3.74. The maximum Gasteiger partial charge on any atom is 0.276 e. The smallest absolute Gasteiger partial charge is 0.276 e. The third-order valence-corrected chi connectivity index (χ3v) is 5.37. The second kappa shape index (κ2) is 10.2. The van der Waals surface area contributed by atoms with Gasteiger partial charge in [-0.25, -0.2) is 4.98 Å². The number of carbonyl (C=O) groups is 1. The second-order valence-electron chi connectivity index (χ2n) is 7.65. The van der Waals surface area contributed by atoms with Gasteiger partial charge in [0.1, 0.15) is 5.76 Å². The Morgan fingerprint density at radius 2 is 1.67 bits per heavy atom. The van der Waals surface area contributed by atoms with E-state index in [1.165, 1.54) is 6.42 Å². The highest BCUT2D eigenvalue weighted by atomic mass is 16.5. The van der Waals surface area contributed by atoms with Crippen LogP contribution in [0.25, 0.3) is 11.5 Å². The Kier molecular flexibility index (Phi) is 6.93. The van der Waals surface area contributed by atoms with E-state index in [4.69, 9.17) is 9.15 Å². The van der Waals surface area contributed by atoms with Crippen molar-refractivity contribution in [3.63, 3.8) is 0 Å². The number of oxazole rings is 1. The lowest BCUT2D eigenvalue weighted by atomic mass is 10.1. The molecular weight excluding hydrogens is 376 g/mol. The lowest BCUT2D eigenvalue weighted by Gasteiger charge is -2.26. The van der Waals surface area contributed by atoms with Gasteiger partial charge in [-0.1, -0.05) is 48.5 Å². The monoisotopic (exact) mass is 404 g/mol. The van der Waals surface area contributed by atoms with E-state index in [1.54, 1.807) is 0 Å². The van der Waals surface area contributed by atoms with E-state index in [9.17, 15) is 4.79 Å². The summed E-state index contributed by atoms with van der Waals surface area (Å²) in [6, 6.07) is 19.9. The topological polar surface area (TPSA) is 55.6 Å². The van der Waals surface area contributed by atoms with E-state index in [2.05, 4.69) is 17.1 Å². The van der Waals surface area contributed by atoms with Crippen LogP contribution in [-0.4, -0.2) is 35.5 Å². The largest absolute Gasteiger partial charge is 0.440 e. The number of amides is 1. The van der Waals surface area contributed by atoms with Crippen molar-refractivity contribution in [2.24, 2.45) is 0 Å². The van der Waals surface area contributed by atoms with Crippen molar-refractivity contribution >= 4 is 5.91 Å². The van der Waals surface area contributed by atoms with Gasteiger partial charge in [0.05, 0.1) is 6.61 Å². The summed E-state index contributed by atoms with van der Waals surface area (Å²) in [4.78, 5) is 19.6. The molecule has 1 aliphatic rings. The van der Waals surface area contributed by atoms with Gasteiger partial charge in [0, 0.05) is 31.7 Å². The molecule has 0 saturated carbocycles. The van der Waals surface area contributed by atoms with Gasteiger partial charge in [-0.05, 0) is 43.4 Å². The number of hydrogen-bond donors (Lipinski definition) is 0. The molecular formula is C25H28N2O3. The maximum atomic E-state index is 13.1. The molecule has 0 radical (unpaired) electrons. The molecule has 30 heavy (non-hydrogen) atoms. The van der Waals surface area contributed by atoms with Crippen molar-refractivity contribution in [2.45, 2.75) is 38.7 Å². The fourth-order valence-electron chi connectivity index (χ4n) is 3.74. The maximum absolute atomic E-state index is 13.1. The first-order chi connectivity index (χ1) is 14.8. The second-order valence-corrected chi connectivity index (χ2v) is 7.65. The third kappa shape index (κ3) is 5.16. The Balaban J connectivity index is 1.43. The Morgan fingerprint density at radius 3 is 2.40 bits per heavy atom. The molecule has 5 heteroatoms. The summed E-state index contributed by atoms with van der Waals surface area (Å²) >= 11 is 0. The van der Waals surface area contributed by atoms with Gasteiger partial charge >= 0.3 is 0 Å². The number of rotatable bonds is 8. The number of piperidine rings is 1. The van der Waals surface area contributed by atoms with Gasteiger partial charge in [0.15, 0.2) is 5.69 Å². The van der Waals surface area contributed by atoms with Crippen LogP contribution in [0.2, 0.25) is 0 Å². The van der Waals surface area contributed by atoms with Crippen molar-refractivity contribution in [3.05, 3.63) is 77.7 Å². The standard InChI is InChI=1S/C25H28N2O3/c28-25(27-16-8-3-9-17-27)23-22(30-24(26-23)21-13-6-2-7-14-21)15-10-18-29-19-20-11-4-1-5-12-20/h1-2,4-7,11-14H,3,8-10,15-19H2. The van der Waals surface area contributed by atoms with Crippen molar-refractivity contribution in [1.82, 2.24) is 9.88 Å². The fraction of sp³-hybridized carbons (Fsp3) is 0.360. The molecule has 0 spiro atoms. The molecule has 156 valence electrons. The number of ether oxygens (including phenoxy) is 1. The molecule has 4 rings (SSSR count). The molecule has 0 bridgehead atoms. The third-order valence-electron chi connectivity index (χ3n) is 5.37. The highest BCUT2D eigenvalue weighted by molar-refractivity contribution is 5.93. The van der Waals surface area contributed by atoms with Crippen molar-refractivity contribution in [3.8, 4) is 11.5 Å². The van der Waals surface area contributed by atoms with Crippen LogP contribution < -0.4 is 0 Å². The van der Waals surface area contributed by atoms with Crippen LogP contribution in [0, 0.1) is 0 Å². The van der Waals surface area contributed by atoms with Gasteiger partial charge in [-0.15, -0.1) is 0 Å². The SMILES string of the molecule is O=C(c1nc(-c2ccccc2)oc1CCCOCc1ccccc1)N1CCCCC1. The molecule has 2 heterocycles. The molecule has 1 amide bonds. The van der Waals surface area contributed by atoms with E-state index < -0.39 is 0 Å². The average Bonchev–Trinajstić information content (AvgIpc) is 3.24. The highest BCUT2D eigenvalue weighted by Crippen LogP contribution is 2.25. The quantitative estimate of drug-likeness (QED) is 0.489. The van der Waals surface area contributed by atoms with Crippen LogP contribution in [-0.2, 0) is 17.8 Å². The minimum Gasteiger partial charge on any atom is -0.440 e. The van der Waals surface area contributed by atoms with E-state index in [0.29, 0.717) is 37.0 Å². The van der Waals surface area contributed by atoms with Gasteiger partial charge in [-0.2, -0.15) is 0 Å². The first-order valence-electron chi connectivity index (χ1n) is 10.8. The molecule has 5 nitrogen and oxygen atoms in total. The van der Waals surface area contributed by atoms with Crippen molar-refractivity contribution < 1.29 is 13.9 Å². The molecule has 0 atom stereocenters. The molecule has 0 aliphatic carbocycles. The van der Waals surface area contributed by atoms with Crippen molar-refractivity contribution in [2.75, 3.05) is 19.7 Å². The number of aromatic nitrogens is 1. The minimum absolute atomic E-state index is 0.0131. The van der Waals surface area contributed by atoms with Crippen LogP contribution in [0.5, 0.6) is 0 Å². The van der Waals surface area contributed by atoms with Gasteiger partial charge < -0.3 is 14.1 Å². The number of aryl methyl sites for hydroxylation is 1. The molecule has 1 aliphatic heterocycles. The first kappa shape index (κ1) is 20.4. The summed E-state index contributed by atoms with van der Waals surface area (Å²) in [5.74, 6) is 1.16. The highest BCUT2D eigenvalue weighted by Gasteiger charge is 2.26. The molecule has 1 aromatic heterocycles. The summed E-state index contributed by atoms with van der Waals surface area (Å²) in [6.45, 7) is 2.79. The predicted octanol–water partition coefficient (Wildman–Crippen LogP) is 5.12. The minimum atomic E-state index is -0.0131. The number of hydrogen-bond acceptors (Lipinski definition) is 4. The van der Waals surface area contributed by atoms with E-state index >= 15 is 0 Å². The summed E-state index contributed by atoms with van der Waals surface area (Å²) in [6.07, 6.45) is 4.69. The molecule has 0 unspecified atom stereocenters. The van der Waals surface area contributed by atoms with E-state index in [0.717, 1.165) is 43.5 Å². The van der Waals surface area contributed by atoms with E-state index in [1.807, 2.05) is 53.4 Å². The van der Waals surface area contributed by atoms with Crippen molar-refractivity contribution in [1.29, 1.82) is 0 Å². The lowest BCUT2D eigenvalue weighted by Crippen LogP contribution is -2.36. The summed E-state index contributed by atoms with van der Waals surface area (Å²) in [5.41, 5.74) is 2.50. The summed E-state index contributed by atoms with van der Waals surface area (Å²) < 4.78 is 11.9. The van der Waals surface area contributed by atoms with Gasteiger partial charge in [0.2, 0.25) is 5.89 Å². The predicted molar refractivity (Wildman–Crippen MR) is 116 cm³/mol. The Bertz CT molecular complexity index is 932. The van der Waals surface area contributed by atoms with Gasteiger partial charge in [0.25, 0.3) is 5.91 Å². The number of benzene rings is 2. The van der Waals surface area contributed by atoms with Crippen LogP contribution in [0.15, 0.2) is 65.1 Å². The lowest BCUT2D eigenvalue weighted by molar-refractivity contribution is 0.0716. The average molecular weight is 405 g/mol. The van der Waals surface area contributed by atoms with Crippen LogP contribution >= 0.6 is 0 Å². The Labute approximate surface area is 177 Å². The molecule has 1 fully saturated rings. The van der Waals surface area contributed by atoms with Crippen LogP contribution in [0.1, 0.15) is 47.5 Å². The zero-order valence-corrected chi connectivity index (χ0v) is 17.3. The summed E-state index contributed by atoms with van der Waals surface area (Å²) in [7, 11) is 0. The molecule has 0 N–H and O–H groups in total. The zero-order valence-electron chi connectivity index (χ0n) is 17.3. The Morgan fingerprint density at radius 1 is 0.967 bits per heavy atom. The zero-order chi connectivity index (χ0) is 20.6. The van der Waals surface area contributed by atoms with Crippen LogP contribution in [0.3, 0.4) is 0 Å². The number of carbonyl (C=O) groups excluding carboxylic acids is 1. The normalized spacial score (nSPS) is 14.1.